The minimum Gasteiger partial charge on any atom is -0.481 e. The Balaban J connectivity index is 0.00000192. The van der Waals surface area contributed by atoms with Gasteiger partial charge in [0.25, 0.3) is 5.91 Å². The molecule has 1 aliphatic rings. The molecular weight excluding hydrogens is 359 g/mol. The Morgan fingerprint density at radius 3 is 2.74 bits per heavy atom. The van der Waals surface area contributed by atoms with Crippen LogP contribution in [-0.4, -0.2) is 40.0 Å². The Kier molecular flexibility index (Phi) is 5.62. The SMILES string of the molecule is Cl.O=C(O)C1CCN(C(=O)c2cnc(-c3ccccc3Cl)s2)C1. The molecule has 122 valence electrons. The zero-order valence-corrected chi connectivity index (χ0v) is 14.3. The number of carbonyl (C=O) groups excluding carboxylic acids is 1. The summed E-state index contributed by atoms with van der Waals surface area (Å²) in [5.41, 5.74) is 0.790. The Bertz CT molecular complexity index is 735. The van der Waals surface area contributed by atoms with E-state index in [1.54, 1.807) is 11.0 Å². The topological polar surface area (TPSA) is 70.5 Å². The number of hydrogen-bond donors (Lipinski definition) is 1. The van der Waals surface area contributed by atoms with Crippen LogP contribution in [0.5, 0.6) is 0 Å². The monoisotopic (exact) mass is 372 g/mol. The number of amides is 1. The van der Waals surface area contributed by atoms with Crippen LogP contribution in [0.15, 0.2) is 30.5 Å². The predicted molar refractivity (Wildman–Crippen MR) is 91.5 cm³/mol. The first-order valence-corrected chi connectivity index (χ1v) is 7.98. The first-order valence-electron chi connectivity index (χ1n) is 6.79. The molecule has 1 unspecified atom stereocenters. The molecule has 0 aliphatic carbocycles. The number of carbonyl (C=O) groups is 2. The van der Waals surface area contributed by atoms with Crippen molar-refractivity contribution in [2.75, 3.05) is 13.1 Å². The zero-order chi connectivity index (χ0) is 15.7. The number of nitrogens with zero attached hydrogens (tertiary/aromatic N) is 2. The molecule has 0 spiro atoms. The van der Waals surface area contributed by atoms with Crippen LogP contribution < -0.4 is 0 Å². The van der Waals surface area contributed by atoms with E-state index in [0.29, 0.717) is 27.9 Å². The van der Waals surface area contributed by atoms with Gasteiger partial charge < -0.3 is 10.0 Å². The van der Waals surface area contributed by atoms with Gasteiger partial charge in [-0.05, 0) is 12.5 Å². The number of likely N-dealkylation sites (tertiary alicyclic amines) is 1. The van der Waals surface area contributed by atoms with Gasteiger partial charge in [0, 0.05) is 18.7 Å². The third kappa shape index (κ3) is 3.65. The summed E-state index contributed by atoms with van der Waals surface area (Å²) in [6.45, 7) is 0.725. The van der Waals surface area contributed by atoms with E-state index >= 15 is 0 Å². The van der Waals surface area contributed by atoms with E-state index in [2.05, 4.69) is 4.98 Å². The maximum Gasteiger partial charge on any atom is 0.308 e. The van der Waals surface area contributed by atoms with Crippen molar-refractivity contribution in [1.29, 1.82) is 0 Å². The van der Waals surface area contributed by atoms with Gasteiger partial charge in [-0.15, -0.1) is 23.7 Å². The van der Waals surface area contributed by atoms with Gasteiger partial charge in [0.15, 0.2) is 0 Å². The van der Waals surface area contributed by atoms with E-state index in [9.17, 15) is 9.59 Å². The third-order valence-corrected chi connectivity index (χ3v) is 4.99. The number of halogens is 2. The molecule has 0 radical (unpaired) electrons. The second-order valence-corrected chi connectivity index (χ2v) is 6.52. The van der Waals surface area contributed by atoms with Crippen molar-refractivity contribution >= 4 is 47.2 Å². The number of carboxylic acid groups (broad SMARTS) is 1. The Labute approximate surface area is 148 Å². The van der Waals surface area contributed by atoms with E-state index in [0.717, 1.165) is 5.56 Å². The van der Waals surface area contributed by atoms with Gasteiger partial charge in [0.1, 0.15) is 9.88 Å². The predicted octanol–water partition coefficient (Wildman–Crippen LogP) is 3.43. The molecule has 3 rings (SSSR count). The van der Waals surface area contributed by atoms with E-state index in [1.807, 2.05) is 18.2 Å². The molecule has 23 heavy (non-hydrogen) atoms. The van der Waals surface area contributed by atoms with Crippen LogP contribution in [0.2, 0.25) is 5.02 Å². The molecule has 1 atom stereocenters. The zero-order valence-electron chi connectivity index (χ0n) is 11.9. The summed E-state index contributed by atoms with van der Waals surface area (Å²) in [5, 5.41) is 10.3. The van der Waals surface area contributed by atoms with Gasteiger partial charge in [-0.3, -0.25) is 9.59 Å². The van der Waals surface area contributed by atoms with Crippen LogP contribution in [0.3, 0.4) is 0 Å². The summed E-state index contributed by atoms with van der Waals surface area (Å²) in [6.07, 6.45) is 2.02. The van der Waals surface area contributed by atoms with Crippen molar-refractivity contribution in [2.45, 2.75) is 6.42 Å². The normalized spacial score (nSPS) is 16.9. The smallest absolute Gasteiger partial charge is 0.308 e. The number of hydrogen-bond acceptors (Lipinski definition) is 4. The highest BCUT2D eigenvalue weighted by molar-refractivity contribution is 7.17. The van der Waals surface area contributed by atoms with Crippen molar-refractivity contribution < 1.29 is 14.7 Å². The summed E-state index contributed by atoms with van der Waals surface area (Å²) >= 11 is 7.41. The largest absolute Gasteiger partial charge is 0.481 e. The second-order valence-electron chi connectivity index (χ2n) is 5.08. The lowest BCUT2D eigenvalue weighted by molar-refractivity contribution is -0.141. The standard InChI is InChI=1S/C15H13ClN2O3S.ClH/c16-11-4-2-1-3-10(11)13-17-7-12(22-13)14(19)18-6-5-9(8-18)15(20)21;/h1-4,7,9H,5-6,8H2,(H,20,21);1H. The number of thiazole rings is 1. The molecule has 2 heterocycles. The van der Waals surface area contributed by atoms with E-state index < -0.39 is 11.9 Å². The molecule has 0 bridgehead atoms. The van der Waals surface area contributed by atoms with Crippen LogP contribution in [0.4, 0.5) is 0 Å². The second kappa shape index (κ2) is 7.29. The molecule has 1 N–H and O–H groups in total. The molecular formula is C15H14Cl2N2O3S. The number of rotatable bonds is 3. The number of aromatic nitrogens is 1. The van der Waals surface area contributed by atoms with Crippen LogP contribution >= 0.6 is 35.3 Å². The van der Waals surface area contributed by atoms with Crippen LogP contribution in [0.1, 0.15) is 16.1 Å². The molecule has 2 aromatic rings. The van der Waals surface area contributed by atoms with E-state index in [-0.39, 0.29) is 24.9 Å². The summed E-state index contributed by atoms with van der Waals surface area (Å²) in [7, 11) is 0. The molecule has 1 fully saturated rings. The van der Waals surface area contributed by atoms with Crippen molar-refractivity contribution in [3.63, 3.8) is 0 Å². The summed E-state index contributed by atoms with van der Waals surface area (Å²) in [4.78, 5) is 29.7. The Hall–Kier alpha value is -1.63. The highest BCUT2D eigenvalue weighted by atomic mass is 35.5. The fourth-order valence-corrected chi connectivity index (χ4v) is 3.64. The third-order valence-electron chi connectivity index (χ3n) is 3.65. The maximum absolute atomic E-state index is 12.4. The lowest BCUT2D eigenvalue weighted by Crippen LogP contribution is -2.29. The average Bonchev–Trinajstić information content (AvgIpc) is 3.17. The number of benzene rings is 1. The van der Waals surface area contributed by atoms with Crippen molar-refractivity contribution in [1.82, 2.24) is 9.88 Å². The van der Waals surface area contributed by atoms with Crippen LogP contribution in [0, 0.1) is 5.92 Å². The van der Waals surface area contributed by atoms with Gasteiger partial charge in [-0.2, -0.15) is 0 Å². The van der Waals surface area contributed by atoms with Crippen LogP contribution in [0.25, 0.3) is 10.6 Å². The van der Waals surface area contributed by atoms with E-state index in [4.69, 9.17) is 16.7 Å². The fourth-order valence-electron chi connectivity index (χ4n) is 2.43. The van der Waals surface area contributed by atoms with Gasteiger partial charge in [-0.1, -0.05) is 29.8 Å². The first-order chi connectivity index (χ1) is 10.6. The molecule has 1 amide bonds. The number of carboxylic acids is 1. The molecule has 8 heteroatoms. The quantitative estimate of drug-likeness (QED) is 0.895. The van der Waals surface area contributed by atoms with Gasteiger partial charge in [0.2, 0.25) is 0 Å². The van der Waals surface area contributed by atoms with Gasteiger partial charge >= 0.3 is 5.97 Å². The molecule has 1 aromatic heterocycles. The minimum absolute atomic E-state index is 0. The molecule has 1 saturated heterocycles. The molecule has 0 saturated carbocycles. The Morgan fingerprint density at radius 1 is 1.35 bits per heavy atom. The summed E-state index contributed by atoms with van der Waals surface area (Å²) in [5.74, 6) is -1.49. The molecule has 5 nitrogen and oxygen atoms in total. The van der Waals surface area contributed by atoms with Gasteiger partial charge in [0.05, 0.1) is 17.1 Å². The lowest BCUT2D eigenvalue weighted by Gasteiger charge is -2.13. The lowest BCUT2D eigenvalue weighted by atomic mass is 10.1. The average molecular weight is 373 g/mol. The van der Waals surface area contributed by atoms with Crippen LogP contribution in [-0.2, 0) is 4.79 Å². The highest BCUT2D eigenvalue weighted by Gasteiger charge is 2.32. The summed E-state index contributed by atoms with van der Waals surface area (Å²) < 4.78 is 0. The van der Waals surface area contributed by atoms with Gasteiger partial charge in [-0.25, -0.2) is 4.98 Å². The van der Waals surface area contributed by atoms with Crippen molar-refractivity contribution in [2.24, 2.45) is 5.92 Å². The number of aliphatic carboxylic acids is 1. The van der Waals surface area contributed by atoms with E-state index in [1.165, 1.54) is 17.5 Å². The fraction of sp³-hybridized carbons (Fsp3) is 0.267. The first kappa shape index (κ1) is 17.7. The summed E-state index contributed by atoms with van der Waals surface area (Å²) in [6, 6.07) is 7.33. The maximum atomic E-state index is 12.4. The molecule has 1 aromatic carbocycles. The van der Waals surface area contributed by atoms with Crippen molar-refractivity contribution in [3.8, 4) is 10.6 Å². The minimum atomic E-state index is -0.851. The highest BCUT2D eigenvalue weighted by Crippen LogP contribution is 2.32. The van der Waals surface area contributed by atoms with Crippen molar-refractivity contribution in [3.05, 3.63) is 40.4 Å². The molecule has 1 aliphatic heterocycles. The Morgan fingerprint density at radius 2 is 2.09 bits per heavy atom.